The lowest BCUT2D eigenvalue weighted by molar-refractivity contribution is 1.07. The molecule has 0 saturated carbocycles. The topological polar surface area (TPSA) is 43.6 Å². The van der Waals surface area contributed by atoms with Crippen molar-refractivity contribution in [2.24, 2.45) is 0 Å². The number of nitrogens with zero attached hydrogens (tertiary/aromatic N) is 4. The molecule has 8 aromatic carbocycles. The second-order valence-electron chi connectivity index (χ2n) is 13.7. The van der Waals surface area contributed by atoms with E-state index in [0.29, 0.717) is 17.5 Å². The molecule has 0 amide bonds. The molecule has 246 valence electrons. The van der Waals surface area contributed by atoms with Gasteiger partial charge >= 0.3 is 0 Å². The summed E-state index contributed by atoms with van der Waals surface area (Å²) in [4.78, 5) is 15.2. The molecule has 2 heterocycles. The lowest BCUT2D eigenvalue weighted by atomic mass is 10.00. The Hall–Kier alpha value is -7.17. The lowest BCUT2D eigenvalue weighted by Gasteiger charge is -2.12. The third kappa shape index (κ3) is 4.80. The summed E-state index contributed by atoms with van der Waals surface area (Å²) in [6.45, 7) is 0. The van der Waals surface area contributed by atoms with E-state index in [9.17, 15) is 0 Å². The quantitative estimate of drug-likeness (QED) is 0.182. The molecule has 0 bridgehead atoms. The van der Waals surface area contributed by atoms with Gasteiger partial charge in [-0.15, -0.1) is 0 Å². The van der Waals surface area contributed by atoms with Gasteiger partial charge in [-0.05, 0) is 74.1 Å². The molecule has 2 aromatic heterocycles. The number of fused-ring (bicyclic) bond motifs is 1. The Balaban J connectivity index is 1.06. The molecule has 4 nitrogen and oxygen atoms in total. The van der Waals surface area contributed by atoms with E-state index >= 15 is 0 Å². The monoisotopic (exact) mass is 674 g/mol. The summed E-state index contributed by atoms with van der Waals surface area (Å²) in [5, 5.41) is 7.58. The zero-order chi connectivity index (χ0) is 34.9. The summed E-state index contributed by atoms with van der Waals surface area (Å²) in [6.07, 6.45) is 4.50. The average molecular weight is 675 g/mol. The predicted molar refractivity (Wildman–Crippen MR) is 220 cm³/mol. The van der Waals surface area contributed by atoms with Crippen molar-refractivity contribution in [2.75, 3.05) is 0 Å². The van der Waals surface area contributed by atoms with Crippen molar-refractivity contribution in [2.45, 2.75) is 0 Å². The smallest absolute Gasteiger partial charge is 0.164 e. The molecule has 0 aliphatic heterocycles. The highest BCUT2D eigenvalue weighted by Crippen LogP contribution is 2.42. The molecule has 53 heavy (non-hydrogen) atoms. The highest BCUT2D eigenvalue weighted by molar-refractivity contribution is 6.26. The van der Waals surface area contributed by atoms with E-state index in [2.05, 4.69) is 168 Å². The van der Waals surface area contributed by atoms with E-state index in [4.69, 9.17) is 15.0 Å². The number of benzene rings is 8. The minimum atomic E-state index is 0.632. The van der Waals surface area contributed by atoms with Gasteiger partial charge in [-0.1, -0.05) is 152 Å². The van der Waals surface area contributed by atoms with Gasteiger partial charge in [0.25, 0.3) is 0 Å². The first kappa shape index (κ1) is 29.5. The highest BCUT2D eigenvalue weighted by Gasteiger charge is 2.20. The minimum absolute atomic E-state index is 0.632. The average Bonchev–Trinajstić information content (AvgIpc) is 3.48. The Morgan fingerprint density at radius 1 is 0.321 bits per heavy atom. The fourth-order valence-electron chi connectivity index (χ4n) is 8.03. The van der Waals surface area contributed by atoms with Gasteiger partial charge in [0.1, 0.15) is 0 Å². The molecule has 10 aromatic rings. The third-order valence-electron chi connectivity index (χ3n) is 10.6. The number of rotatable bonds is 5. The zero-order valence-corrected chi connectivity index (χ0v) is 28.6. The molecule has 0 fully saturated rings. The summed E-state index contributed by atoms with van der Waals surface area (Å²) in [7, 11) is 0. The molecule has 4 heteroatoms. The molecule has 0 N–H and O–H groups in total. The van der Waals surface area contributed by atoms with E-state index in [-0.39, 0.29) is 0 Å². The van der Waals surface area contributed by atoms with Gasteiger partial charge in [0.05, 0.1) is 11.0 Å². The van der Waals surface area contributed by atoms with E-state index in [0.717, 1.165) is 27.9 Å². The van der Waals surface area contributed by atoms with Crippen LogP contribution < -0.4 is 0 Å². The predicted octanol–water partition coefficient (Wildman–Crippen LogP) is 12.4. The second kappa shape index (κ2) is 11.7. The Morgan fingerprint density at radius 3 is 1.70 bits per heavy atom. The summed E-state index contributed by atoms with van der Waals surface area (Å²) in [5.41, 5.74) is 11.0. The molecule has 0 spiro atoms. The van der Waals surface area contributed by atoms with Gasteiger partial charge in [-0.2, -0.15) is 0 Å². The molecule has 0 unspecified atom stereocenters. The van der Waals surface area contributed by atoms with Gasteiger partial charge in [0, 0.05) is 33.2 Å². The van der Waals surface area contributed by atoms with Gasteiger partial charge in [0.2, 0.25) is 0 Å². The van der Waals surface area contributed by atoms with Crippen molar-refractivity contribution >= 4 is 55.5 Å². The second-order valence-corrected chi connectivity index (χ2v) is 13.7. The van der Waals surface area contributed by atoms with Crippen LogP contribution in [0.25, 0.3) is 106 Å². The normalized spacial score (nSPS) is 12.1. The molecule has 0 saturated heterocycles. The van der Waals surface area contributed by atoms with Crippen LogP contribution in [-0.4, -0.2) is 19.5 Å². The maximum absolute atomic E-state index is 5.12. The first-order valence-corrected chi connectivity index (χ1v) is 17.9. The molecule has 1 aliphatic carbocycles. The fourth-order valence-corrected chi connectivity index (χ4v) is 8.03. The first-order valence-electron chi connectivity index (χ1n) is 17.9. The Kier molecular flexibility index (Phi) is 6.52. The van der Waals surface area contributed by atoms with Crippen molar-refractivity contribution in [1.29, 1.82) is 0 Å². The van der Waals surface area contributed by atoms with Crippen LogP contribution in [0.2, 0.25) is 0 Å². The molecular formula is C49H30N4. The first-order chi connectivity index (χ1) is 26.2. The third-order valence-corrected chi connectivity index (χ3v) is 10.6. The van der Waals surface area contributed by atoms with Crippen molar-refractivity contribution in [3.05, 3.63) is 181 Å². The van der Waals surface area contributed by atoms with E-state index in [1.165, 1.54) is 60.0 Å². The summed E-state index contributed by atoms with van der Waals surface area (Å²) in [5.74, 6) is 1.91. The standard InChI is InChI=1S/C49H30N4/c1-2-10-36(11-3-1)47-50-48(37-24-19-32(20-25-37)39-26-21-31-9-4-5-12-38(31)29-39)52-49(51-47)40-16-7-17-41(30-40)53-42-18-8-15-35-23-22-33-13-6-14-34-27-28-43(53)46(44(33)34)45(35)42/h1-30H. The Labute approximate surface area is 306 Å². The number of aromatic nitrogens is 4. The minimum Gasteiger partial charge on any atom is -0.309 e. The number of hydrogen-bond donors (Lipinski definition) is 0. The Morgan fingerprint density at radius 2 is 0.887 bits per heavy atom. The number of hydrogen-bond acceptors (Lipinski definition) is 3. The molecule has 11 rings (SSSR count). The van der Waals surface area contributed by atoms with Gasteiger partial charge in [-0.3, -0.25) is 0 Å². The molecule has 0 radical (unpaired) electrons. The maximum atomic E-state index is 5.12. The van der Waals surface area contributed by atoms with Crippen molar-refractivity contribution in [1.82, 2.24) is 19.5 Å². The van der Waals surface area contributed by atoms with E-state index < -0.39 is 0 Å². The zero-order valence-electron chi connectivity index (χ0n) is 28.6. The summed E-state index contributed by atoms with van der Waals surface area (Å²) < 4.78 is 2.39. The van der Waals surface area contributed by atoms with Crippen LogP contribution in [0.3, 0.4) is 0 Å². The van der Waals surface area contributed by atoms with Crippen molar-refractivity contribution in [3.8, 4) is 51.0 Å². The van der Waals surface area contributed by atoms with E-state index in [1.54, 1.807) is 0 Å². The molecule has 0 atom stereocenters. The van der Waals surface area contributed by atoms with Crippen molar-refractivity contribution in [3.63, 3.8) is 0 Å². The van der Waals surface area contributed by atoms with Gasteiger partial charge in [-0.25, -0.2) is 15.0 Å². The van der Waals surface area contributed by atoms with Crippen LogP contribution in [0.15, 0.2) is 170 Å². The van der Waals surface area contributed by atoms with Crippen LogP contribution in [-0.2, 0) is 0 Å². The largest absolute Gasteiger partial charge is 0.309 e. The highest BCUT2D eigenvalue weighted by atomic mass is 15.0. The van der Waals surface area contributed by atoms with Gasteiger partial charge < -0.3 is 4.57 Å². The van der Waals surface area contributed by atoms with Crippen LogP contribution in [0.1, 0.15) is 11.1 Å². The molecular weight excluding hydrogens is 645 g/mol. The van der Waals surface area contributed by atoms with E-state index in [1.807, 2.05) is 18.2 Å². The SMILES string of the molecule is C1=Cc2cccc3c2c2c4c1cccc4ccc2n3-c1cccc(-c2nc(-c3ccccc3)nc(-c3ccc(-c4ccc5ccccc5c4)cc3)n2)c1. The van der Waals surface area contributed by atoms with Crippen LogP contribution in [0.4, 0.5) is 0 Å². The Bertz CT molecular complexity index is 3100. The van der Waals surface area contributed by atoms with Crippen LogP contribution >= 0.6 is 0 Å². The summed E-state index contributed by atoms with van der Waals surface area (Å²) >= 11 is 0. The van der Waals surface area contributed by atoms with Gasteiger partial charge in [0.15, 0.2) is 17.5 Å². The summed E-state index contributed by atoms with van der Waals surface area (Å²) in [6, 6.07) is 60.0. The fraction of sp³-hybridized carbons (Fsp3) is 0. The van der Waals surface area contributed by atoms with Crippen molar-refractivity contribution < 1.29 is 0 Å². The van der Waals surface area contributed by atoms with Crippen LogP contribution in [0.5, 0.6) is 0 Å². The maximum Gasteiger partial charge on any atom is 0.164 e. The van der Waals surface area contributed by atoms with Crippen LogP contribution in [0, 0.1) is 0 Å². The lowest BCUT2D eigenvalue weighted by Crippen LogP contribution is -2.01. The molecule has 1 aliphatic rings.